The number of benzene rings is 1. The van der Waals surface area contributed by atoms with Gasteiger partial charge in [0, 0.05) is 23.6 Å². The molecule has 0 amide bonds. The average Bonchev–Trinajstić information content (AvgIpc) is 2.36. The number of nitrogens with two attached hydrogens (primary N) is 1. The van der Waals surface area contributed by atoms with E-state index in [-0.39, 0.29) is 12.1 Å². The predicted octanol–water partition coefficient (Wildman–Crippen LogP) is 1.64. The molecule has 0 bridgehead atoms. The number of hydrogen-bond acceptors (Lipinski definition) is 4. The van der Waals surface area contributed by atoms with E-state index in [9.17, 15) is 8.42 Å². The van der Waals surface area contributed by atoms with Crippen LogP contribution in [0.25, 0.3) is 0 Å². The van der Waals surface area contributed by atoms with Crippen LogP contribution in [0.3, 0.4) is 0 Å². The maximum Gasteiger partial charge on any atom is 0.209 e. The summed E-state index contributed by atoms with van der Waals surface area (Å²) in [7, 11) is -3.26. The molecule has 112 valence electrons. The Morgan fingerprint density at radius 2 is 2.20 bits per heavy atom. The fourth-order valence-corrected chi connectivity index (χ4v) is 3.28. The van der Waals surface area contributed by atoms with E-state index in [0.29, 0.717) is 13.0 Å². The van der Waals surface area contributed by atoms with Crippen LogP contribution >= 0.6 is 0 Å². The van der Waals surface area contributed by atoms with E-state index in [2.05, 4.69) is 11.6 Å². The molecule has 1 aliphatic heterocycles. The molecule has 1 heterocycles. The molecule has 0 aromatic heterocycles. The van der Waals surface area contributed by atoms with E-state index in [0.717, 1.165) is 28.9 Å². The molecule has 1 aromatic carbocycles. The predicted molar refractivity (Wildman–Crippen MR) is 79.3 cm³/mol. The van der Waals surface area contributed by atoms with Crippen molar-refractivity contribution in [3.8, 4) is 5.75 Å². The largest absolute Gasteiger partial charge is 0.493 e. The van der Waals surface area contributed by atoms with Gasteiger partial charge in [0.1, 0.15) is 5.75 Å². The minimum atomic E-state index is -3.26. The third kappa shape index (κ3) is 3.31. The maximum absolute atomic E-state index is 11.5. The monoisotopic (exact) mass is 298 g/mol. The van der Waals surface area contributed by atoms with Crippen molar-refractivity contribution in [3.05, 3.63) is 28.8 Å². The van der Waals surface area contributed by atoms with Crippen molar-refractivity contribution in [1.29, 1.82) is 0 Å². The van der Waals surface area contributed by atoms with Gasteiger partial charge >= 0.3 is 0 Å². The standard InChI is InChI=1S/C14H22N2O3S/c1-4-10-7-11(9(2)15)14-12(8-10)13(5-6-19-14)16-20(3,17)18/h7-9,13,16H,4-6,15H2,1-3H3. The van der Waals surface area contributed by atoms with Gasteiger partial charge in [0.25, 0.3) is 0 Å². The highest BCUT2D eigenvalue weighted by Gasteiger charge is 2.27. The van der Waals surface area contributed by atoms with Gasteiger partial charge < -0.3 is 10.5 Å². The van der Waals surface area contributed by atoms with Crippen LogP contribution in [0.4, 0.5) is 0 Å². The van der Waals surface area contributed by atoms with E-state index in [1.807, 2.05) is 19.1 Å². The summed E-state index contributed by atoms with van der Waals surface area (Å²) in [5, 5.41) is 0. The van der Waals surface area contributed by atoms with Crippen LogP contribution in [-0.2, 0) is 16.4 Å². The fraction of sp³-hybridized carbons (Fsp3) is 0.571. The summed E-state index contributed by atoms with van der Waals surface area (Å²) in [6.45, 7) is 4.47. The summed E-state index contributed by atoms with van der Waals surface area (Å²) in [5.74, 6) is 0.740. The molecule has 3 N–H and O–H groups in total. The lowest BCUT2D eigenvalue weighted by atomic mass is 9.92. The quantitative estimate of drug-likeness (QED) is 0.885. The lowest BCUT2D eigenvalue weighted by Crippen LogP contribution is -2.32. The van der Waals surface area contributed by atoms with Crippen molar-refractivity contribution in [2.75, 3.05) is 12.9 Å². The van der Waals surface area contributed by atoms with E-state index in [1.165, 1.54) is 6.26 Å². The van der Waals surface area contributed by atoms with Gasteiger partial charge in [-0.2, -0.15) is 0 Å². The van der Waals surface area contributed by atoms with Crippen LogP contribution in [0.2, 0.25) is 0 Å². The van der Waals surface area contributed by atoms with Gasteiger partial charge in [-0.05, 0) is 18.9 Å². The second-order valence-electron chi connectivity index (χ2n) is 5.33. The molecule has 1 aliphatic rings. The third-order valence-electron chi connectivity index (χ3n) is 3.49. The third-order valence-corrected chi connectivity index (χ3v) is 4.20. The summed E-state index contributed by atoms with van der Waals surface area (Å²) in [4.78, 5) is 0. The zero-order valence-corrected chi connectivity index (χ0v) is 13.0. The van der Waals surface area contributed by atoms with Crippen LogP contribution < -0.4 is 15.2 Å². The molecule has 1 aromatic rings. The highest BCUT2D eigenvalue weighted by Crippen LogP contribution is 2.38. The zero-order valence-electron chi connectivity index (χ0n) is 12.1. The molecule has 0 spiro atoms. The zero-order chi connectivity index (χ0) is 14.9. The molecule has 2 rings (SSSR count). The number of ether oxygens (including phenoxy) is 1. The van der Waals surface area contributed by atoms with Gasteiger partial charge in [-0.3, -0.25) is 0 Å². The molecular weight excluding hydrogens is 276 g/mol. The van der Waals surface area contributed by atoms with Crippen LogP contribution in [0.1, 0.15) is 49.0 Å². The number of nitrogens with one attached hydrogen (secondary N) is 1. The molecule has 20 heavy (non-hydrogen) atoms. The van der Waals surface area contributed by atoms with Crippen molar-refractivity contribution >= 4 is 10.0 Å². The van der Waals surface area contributed by atoms with Crippen LogP contribution in [0.15, 0.2) is 12.1 Å². The molecule has 2 unspecified atom stereocenters. The maximum atomic E-state index is 11.5. The Kier molecular flexibility index (Phi) is 4.36. The van der Waals surface area contributed by atoms with E-state index in [4.69, 9.17) is 10.5 Å². The van der Waals surface area contributed by atoms with Gasteiger partial charge in [0.2, 0.25) is 10.0 Å². The molecule has 0 aliphatic carbocycles. The Labute approximate surface area is 120 Å². The van der Waals surface area contributed by atoms with E-state index < -0.39 is 10.0 Å². The normalized spacial score (nSPS) is 20.1. The minimum absolute atomic E-state index is 0.146. The van der Waals surface area contributed by atoms with Crippen molar-refractivity contribution in [2.24, 2.45) is 5.73 Å². The van der Waals surface area contributed by atoms with Gasteiger partial charge in [-0.15, -0.1) is 0 Å². The molecule has 0 saturated heterocycles. The van der Waals surface area contributed by atoms with Gasteiger partial charge in [0.05, 0.1) is 18.9 Å². The van der Waals surface area contributed by atoms with Crippen LogP contribution in [0.5, 0.6) is 5.75 Å². The summed E-state index contributed by atoms with van der Waals surface area (Å²) < 4.78 is 31.4. The average molecular weight is 298 g/mol. The Balaban J connectivity index is 2.51. The fourth-order valence-electron chi connectivity index (χ4n) is 2.52. The number of rotatable bonds is 4. The summed E-state index contributed by atoms with van der Waals surface area (Å²) in [6.07, 6.45) is 2.68. The smallest absolute Gasteiger partial charge is 0.209 e. The second kappa shape index (κ2) is 5.71. The van der Waals surface area contributed by atoms with Gasteiger partial charge in [0.15, 0.2) is 0 Å². The highest BCUT2D eigenvalue weighted by atomic mass is 32.2. The van der Waals surface area contributed by atoms with Crippen molar-refractivity contribution in [1.82, 2.24) is 4.72 Å². The first kappa shape index (κ1) is 15.3. The molecule has 5 nitrogen and oxygen atoms in total. The number of fused-ring (bicyclic) bond motifs is 1. The number of hydrogen-bond donors (Lipinski definition) is 2. The Morgan fingerprint density at radius 3 is 2.75 bits per heavy atom. The van der Waals surface area contributed by atoms with Gasteiger partial charge in [-0.1, -0.05) is 19.1 Å². The first-order valence-electron chi connectivity index (χ1n) is 6.84. The number of sulfonamides is 1. The molecule has 2 atom stereocenters. The Morgan fingerprint density at radius 1 is 1.50 bits per heavy atom. The molecule has 0 saturated carbocycles. The molecule has 6 heteroatoms. The lowest BCUT2D eigenvalue weighted by molar-refractivity contribution is 0.259. The van der Waals surface area contributed by atoms with Crippen molar-refractivity contribution in [2.45, 2.75) is 38.8 Å². The highest BCUT2D eigenvalue weighted by molar-refractivity contribution is 7.88. The Bertz CT molecular complexity index is 597. The molecule has 0 fully saturated rings. The number of aryl methyl sites for hydroxylation is 1. The minimum Gasteiger partial charge on any atom is -0.493 e. The van der Waals surface area contributed by atoms with Crippen molar-refractivity contribution in [3.63, 3.8) is 0 Å². The molecule has 0 radical (unpaired) electrons. The summed E-state index contributed by atoms with van der Waals surface area (Å²) in [5.41, 5.74) is 9.00. The second-order valence-corrected chi connectivity index (χ2v) is 7.11. The molecular formula is C14H22N2O3S. The SMILES string of the molecule is CCc1cc(C(C)N)c2c(c1)C(NS(C)(=O)=O)CCO2. The van der Waals surface area contributed by atoms with E-state index >= 15 is 0 Å². The van der Waals surface area contributed by atoms with Crippen LogP contribution in [0, 0.1) is 0 Å². The first-order chi connectivity index (χ1) is 9.31. The van der Waals surface area contributed by atoms with Crippen LogP contribution in [-0.4, -0.2) is 21.3 Å². The van der Waals surface area contributed by atoms with Crippen molar-refractivity contribution < 1.29 is 13.2 Å². The summed E-state index contributed by atoms with van der Waals surface area (Å²) in [6, 6.07) is 3.68. The Hall–Kier alpha value is -1.11. The lowest BCUT2D eigenvalue weighted by Gasteiger charge is -2.29. The first-order valence-corrected chi connectivity index (χ1v) is 8.73. The summed E-state index contributed by atoms with van der Waals surface area (Å²) >= 11 is 0. The van der Waals surface area contributed by atoms with E-state index in [1.54, 1.807) is 0 Å². The topological polar surface area (TPSA) is 81.4 Å². The van der Waals surface area contributed by atoms with Gasteiger partial charge in [-0.25, -0.2) is 13.1 Å².